The Hall–Kier alpha value is -3.81. The molecule has 158 valence electrons. The van der Waals surface area contributed by atoms with Gasteiger partial charge >= 0.3 is 6.03 Å². The van der Waals surface area contributed by atoms with Crippen LogP contribution in [0, 0.1) is 0 Å². The van der Waals surface area contributed by atoms with Crippen LogP contribution in [0.1, 0.15) is 12.5 Å². The number of aromatic hydroxyl groups is 1. The van der Waals surface area contributed by atoms with E-state index in [9.17, 15) is 14.7 Å². The number of carbonyl (C=O) groups excluding carboxylic acids is 2. The summed E-state index contributed by atoms with van der Waals surface area (Å²) in [6, 6.07) is 15.8. The maximum absolute atomic E-state index is 13.4. The molecule has 1 saturated heterocycles. The van der Waals surface area contributed by atoms with Crippen LogP contribution in [0.2, 0.25) is 0 Å². The van der Waals surface area contributed by atoms with Gasteiger partial charge in [0.2, 0.25) is 5.96 Å². The van der Waals surface area contributed by atoms with Gasteiger partial charge in [-0.3, -0.25) is 14.6 Å². The van der Waals surface area contributed by atoms with E-state index in [1.165, 1.54) is 9.80 Å². The number of guanidine groups is 1. The molecule has 3 aliphatic heterocycles. The van der Waals surface area contributed by atoms with E-state index < -0.39 is 12.2 Å². The number of phenols is 1. The first-order chi connectivity index (χ1) is 15.0. The summed E-state index contributed by atoms with van der Waals surface area (Å²) in [5.41, 5.74) is 2.49. The molecular formula is C23H23N5O3. The number of likely N-dealkylation sites (N-methyl/N-ethyl adjacent to an activating group) is 1. The summed E-state index contributed by atoms with van der Waals surface area (Å²) in [6.45, 7) is 2.21. The average molecular weight is 417 g/mol. The molecule has 5 rings (SSSR count). The van der Waals surface area contributed by atoms with Crippen molar-refractivity contribution in [1.29, 1.82) is 0 Å². The van der Waals surface area contributed by atoms with Crippen molar-refractivity contribution in [3.05, 3.63) is 72.1 Å². The van der Waals surface area contributed by atoms with Crippen LogP contribution in [0.3, 0.4) is 0 Å². The number of hydrogen-bond acceptors (Lipinski definition) is 6. The molecule has 1 N–H and O–H groups in total. The molecule has 0 aromatic heterocycles. The summed E-state index contributed by atoms with van der Waals surface area (Å²) in [6.07, 6.45) is 1.84. The first kappa shape index (κ1) is 19.2. The Kier molecular flexibility index (Phi) is 4.43. The molecule has 2 aromatic carbocycles. The smallest absolute Gasteiger partial charge is 0.328 e. The van der Waals surface area contributed by atoms with Crippen LogP contribution in [0.25, 0.3) is 0 Å². The number of hydrogen-bond donors (Lipinski definition) is 1. The number of fused-ring (bicyclic) bond motifs is 3. The highest BCUT2D eigenvalue weighted by Crippen LogP contribution is 2.39. The van der Waals surface area contributed by atoms with E-state index in [0.29, 0.717) is 24.6 Å². The summed E-state index contributed by atoms with van der Waals surface area (Å²) >= 11 is 0. The third-order valence-corrected chi connectivity index (χ3v) is 5.98. The molecule has 0 radical (unpaired) electrons. The fourth-order valence-electron chi connectivity index (χ4n) is 4.40. The third kappa shape index (κ3) is 2.94. The predicted octanol–water partition coefficient (Wildman–Crippen LogP) is 2.58. The molecular weight excluding hydrogens is 394 g/mol. The second kappa shape index (κ2) is 7.16. The van der Waals surface area contributed by atoms with Crippen LogP contribution in [0.15, 0.2) is 71.5 Å². The van der Waals surface area contributed by atoms with E-state index in [-0.39, 0.29) is 17.7 Å². The molecule has 0 bridgehead atoms. The summed E-state index contributed by atoms with van der Waals surface area (Å²) in [5.74, 6) is 0.396. The summed E-state index contributed by atoms with van der Waals surface area (Å²) < 4.78 is 0. The van der Waals surface area contributed by atoms with E-state index in [1.807, 2.05) is 59.3 Å². The highest BCUT2D eigenvalue weighted by Gasteiger charge is 2.54. The van der Waals surface area contributed by atoms with Gasteiger partial charge in [0, 0.05) is 25.5 Å². The number of urea groups is 1. The zero-order valence-electron chi connectivity index (χ0n) is 17.3. The molecule has 8 nitrogen and oxygen atoms in total. The monoisotopic (exact) mass is 417 g/mol. The number of para-hydroxylation sites is 2. The number of imide groups is 1. The average Bonchev–Trinajstić information content (AvgIpc) is 3.28. The number of aliphatic imine (C=N–C) groups is 1. The third-order valence-electron chi connectivity index (χ3n) is 5.98. The first-order valence-electron chi connectivity index (χ1n) is 10.2. The normalized spacial score (nSPS) is 22.5. The lowest BCUT2D eigenvalue weighted by Crippen LogP contribution is -2.64. The maximum atomic E-state index is 13.4. The topological polar surface area (TPSA) is 79.7 Å². The van der Waals surface area contributed by atoms with Crippen molar-refractivity contribution in [2.45, 2.75) is 25.6 Å². The lowest BCUT2D eigenvalue weighted by Gasteiger charge is -2.40. The second-order valence-electron chi connectivity index (χ2n) is 7.91. The minimum Gasteiger partial charge on any atom is -0.506 e. The molecule has 3 amide bonds. The van der Waals surface area contributed by atoms with Crippen molar-refractivity contribution >= 4 is 23.6 Å². The van der Waals surface area contributed by atoms with Crippen LogP contribution < -0.4 is 4.90 Å². The van der Waals surface area contributed by atoms with Gasteiger partial charge in [-0.25, -0.2) is 9.79 Å². The molecule has 2 aromatic rings. The van der Waals surface area contributed by atoms with Crippen LogP contribution >= 0.6 is 0 Å². The Morgan fingerprint density at radius 3 is 2.48 bits per heavy atom. The fourth-order valence-corrected chi connectivity index (χ4v) is 4.40. The molecule has 8 heteroatoms. The minimum atomic E-state index is -0.626. The van der Waals surface area contributed by atoms with Crippen molar-refractivity contribution in [2.24, 2.45) is 4.99 Å². The Morgan fingerprint density at radius 1 is 1.03 bits per heavy atom. The first-order valence-corrected chi connectivity index (χ1v) is 10.2. The van der Waals surface area contributed by atoms with Gasteiger partial charge in [-0.2, -0.15) is 0 Å². The summed E-state index contributed by atoms with van der Waals surface area (Å²) in [7, 11) is 1.68. The molecule has 3 aliphatic rings. The van der Waals surface area contributed by atoms with E-state index >= 15 is 0 Å². The summed E-state index contributed by atoms with van der Waals surface area (Å²) in [5, 5.41) is 10.4. The molecule has 0 aliphatic carbocycles. The molecule has 0 spiro atoms. The van der Waals surface area contributed by atoms with Gasteiger partial charge in [0.15, 0.2) is 12.2 Å². The van der Waals surface area contributed by atoms with Gasteiger partial charge in [-0.15, -0.1) is 0 Å². The Labute approximate surface area is 180 Å². The minimum absolute atomic E-state index is 0.120. The van der Waals surface area contributed by atoms with Crippen molar-refractivity contribution < 1.29 is 14.7 Å². The maximum Gasteiger partial charge on any atom is 0.328 e. The zero-order valence-corrected chi connectivity index (χ0v) is 17.3. The van der Waals surface area contributed by atoms with Gasteiger partial charge < -0.3 is 14.9 Å². The number of allylic oxidation sites excluding steroid dienone is 1. The Bertz CT molecular complexity index is 1110. The quantitative estimate of drug-likeness (QED) is 0.827. The highest BCUT2D eigenvalue weighted by molar-refractivity contribution is 6.10. The van der Waals surface area contributed by atoms with Crippen LogP contribution in [-0.4, -0.2) is 63.5 Å². The molecule has 3 heterocycles. The van der Waals surface area contributed by atoms with Gasteiger partial charge in [-0.05, 0) is 31.0 Å². The molecule has 1 fully saturated rings. The van der Waals surface area contributed by atoms with Gasteiger partial charge in [0.25, 0.3) is 5.91 Å². The number of carbonyl (C=O) groups is 2. The number of anilines is 1. The number of nitrogens with zero attached hydrogens (tertiary/aromatic N) is 5. The van der Waals surface area contributed by atoms with Gasteiger partial charge in [0.1, 0.15) is 5.75 Å². The molecule has 31 heavy (non-hydrogen) atoms. The SMILES string of the molecule is CC1=CN2C(=NC3C2C(=O)N(CCc2ccccc2)C(=O)N3C)N1c1ccccc1O. The number of amides is 3. The number of benzene rings is 2. The van der Waals surface area contributed by atoms with E-state index in [4.69, 9.17) is 4.99 Å². The van der Waals surface area contributed by atoms with Crippen molar-refractivity contribution in [1.82, 2.24) is 14.7 Å². The van der Waals surface area contributed by atoms with E-state index in [1.54, 1.807) is 25.2 Å². The fraction of sp³-hybridized carbons (Fsp3) is 0.261. The zero-order chi connectivity index (χ0) is 21.7. The Balaban J connectivity index is 1.44. The van der Waals surface area contributed by atoms with Crippen molar-refractivity contribution in [2.75, 3.05) is 18.5 Å². The predicted molar refractivity (Wildman–Crippen MR) is 116 cm³/mol. The van der Waals surface area contributed by atoms with Crippen molar-refractivity contribution in [3.8, 4) is 5.75 Å². The number of rotatable bonds is 4. The lowest BCUT2D eigenvalue weighted by atomic mass is 10.1. The largest absolute Gasteiger partial charge is 0.506 e. The Morgan fingerprint density at radius 2 is 1.74 bits per heavy atom. The van der Waals surface area contributed by atoms with Crippen LogP contribution in [0.4, 0.5) is 10.5 Å². The van der Waals surface area contributed by atoms with E-state index in [0.717, 1.165) is 11.3 Å². The van der Waals surface area contributed by atoms with Gasteiger partial charge in [-0.1, -0.05) is 42.5 Å². The highest BCUT2D eigenvalue weighted by atomic mass is 16.3. The van der Waals surface area contributed by atoms with E-state index in [2.05, 4.69) is 0 Å². The second-order valence-corrected chi connectivity index (χ2v) is 7.91. The molecule has 2 unspecified atom stereocenters. The van der Waals surface area contributed by atoms with Crippen LogP contribution in [-0.2, 0) is 11.2 Å². The standard InChI is InChI=1S/C23H23N5O3/c1-15-14-27-19-20(24-22(27)28(15)17-10-6-7-11-18(17)29)25(2)23(31)26(21(19)30)13-12-16-8-4-3-5-9-16/h3-11,14,19-20,29H,12-13H2,1-2H3. The van der Waals surface area contributed by atoms with Crippen LogP contribution in [0.5, 0.6) is 5.75 Å². The lowest BCUT2D eigenvalue weighted by molar-refractivity contribution is -0.136. The number of phenolic OH excluding ortho intramolecular Hbond substituents is 1. The molecule has 0 saturated carbocycles. The summed E-state index contributed by atoms with van der Waals surface area (Å²) in [4.78, 5) is 37.6. The molecule has 2 atom stereocenters. The van der Waals surface area contributed by atoms with Gasteiger partial charge in [0.05, 0.1) is 5.69 Å². The van der Waals surface area contributed by atoms with Crippen molar-refractivity contribution in [3.63, 3.8) is 0 Å².